The van der Waals surface area contributed by atoms with Gasteiger partial charge >= 0.3 is 5.97 Å². The first-order valence-corrected chi connectivity index (χ1v) is 4.01. The predicted molar refractivity (Wildman–Crippen MR) is 43.5 cm³/mol. The normalized spacial score (nSPS) is 10.8. The zero-order chi connectivity index (χ0) is 8.72. The number of carbonyl (C=O) groups is 1. The fourth-order valence-electron chi connectivity index (χ4n) is 1.10. The van der Waals surface area contributed by atoms with Crippen molar-refractivity contribution in [3.05, 3.63) is 11.3 Å². The van der Waals surface area contributed by atoms with Gasteiger partial charge in [-0.3, -0.25) is 0 Å². The lowest BCUT2D eigenvalue weighted by Gasteiger charge is -1.88. The largest absolute Gasteiger partial charge is 0.478 e. The lowest BCUT2D eigenvalue weighted by molar-refractivity contribution is 0.0698. The summed E-state index contributed by atoms with van der Waals surface area (Å²) in [6.07, 6.45) is 0. The van der Waals surface area contributed by atoms with Gasteiger partial charge in [-0.15, -0.1) is 5.10 Å². The Morgan fingerprint density at radius 2 is 2.42 bits per heavy atom. The molecule has 0 atom stereocenters. The lowest BCUT2D eigenvalue weighted by Crippen LogP contribution is -1.96. The number of rotatable bonds is 1. The number of aromatic nitrogens is 3. The van der Waals surface area contributed by atoms with Crippen LogP contribution in [0.1, 0.15) is 16.1 Å². The maximum atomic E-state index is 10.7. The number of fused-ring (bicyclic) bond motifs is 1. The Labute approximate surface area is 71.2 Å². The highest BCUT2D eigenvalue weighted by Crippen LogP contribution is 2.22. The van der Waals surface area contributed by atoms with Crippen LogP contribution in [-0.4, -0.2) is 25.6 Å². The van der Waals surface area contributed by atoms with Crippen molar-refractivity contribution >= 4 is 27.8 Å². The van der Waals surface area contributed by atoms with Gasteiger partial charge < -0.3 is 10.1 Å². The lowest BCUT2D eigenvalue weighted by atomic mass is 10.2. The molecule has 0 saturated heterocycles. The van der Waals surface area contributed by atoms with E-state index >= 15 is 0 Å². The van der Waals surface area contributed by atoms with Gasteiger partial charge in [-0.1, -0.05) is 4.49 Å². The molecule has 2 heterocycles. The fourth-order valence-corrected chi connectivity index (χ4v) is 1.82. The van der Waals surface area contributed by atoms with E-state index in [-0.39, 0.29) is 5.56 Å². The van der Waals surface area contributed by atoms with Crippen LogP contribution in [0.5, 0.6) is 0 Å². The highest BCUT2D eigenvalue weighted by Gasteiger charge is 2.17. The van der Waals surface area contributed by atoms with Gasteiger partial charge in [-0.25, -0.2) is 4.79 Å². The molecule has 0 bridgehead atoms. The number of carboxylic acids is 1. The minimum atomic E-state index is -0.940. The van der Waals surface area contributed by atoms with Crippen LogP contribution in [0.25, 0.3) is 10.3 Å². The second-order valence-corrected chi connectivity index (χ2v) is 3.13. The predicted octanol–water partition coefficient (Wildman–Crippen LogP) is 1.03. The highest BCUT2D eigenvalue weighted by atomic mass is 32.1. The summed E-state index contributed by atoms with van der Waals surface area (Å²) in [6.45, 7) is 1.71. The van der Waals surface area contributed by atoms with Crippen LogP contribution < -0.4 is 0 Å². The molecule has 0 aliphatic carbocycles. The molecule has 0 radical (unpaired) electrons. The molecule has 6 heteroatoms. The first-order valence-electron chi connectivity index (χ1n) is 3.24. The highest BCUT2D eigenvalue weighted by molar-refractivity contribution is 7.13. The number of hydrogen-bond acceptors (Lipinski definition) is 4. The Bertz CT molecular complexity index is 445. The van der Waals surface area contributed by atoms with Crippen LogP contribution in [0.3, 0.4) is 0 Å². The van der Waals surface area contributed by atoms with Crippen molar-refractivity contribution in [2.45, 2.75) is 6.92 Å². The number of carboxylic acid groups (broad SMARTS) is 1. The second kappa shape index (κ2) is 2.28. The third-order valence-corrected chi connectivity index (χ3v) is 2.35. The number of nitrogens with zero attached hydrogens (tertiary/aromatic N) is 2. The minimum absolute atomic E-state index is 0.278. The molecule has 62 valence electrons. The molecule has 2 aromatic rings. The van der Waals surface area contributed by atoms with Gasteiger partial charge in [0.1, 0.15) is 10.3 Å². The van der Waals surface area contributed by atoms with Gasteiger partial charge in [-0.05, 0) is 18.5 Å². The number of H-pyrrole nitrogens is 1. The molecule has 2 rings (SSSR count). The summed E-state index contributed by atoms with van der Waals surface area (Å²) < 4.78 is 4.25. The molecular weight excluding hydrogens is 178 g/mol. The van der Waals surface area contributed by atoms with E-state index in [4.69, 9.17) is 5.11 Å². The fraction of sp³-hybridized carbons (Fsp3) is 0.167. The van der Waals surface area contributed by atoms with E-state index in [0.717, 1.165) is 11.5 Å². The molecule has 12 heavy (non-hydrogen) atoms. The van der Waals surface area contributed by atoms with Gasteiger partial charge in [0, 0.05) is 5.69 Å². The van der Waals surface area contributed by atoms with E-state index in [2.05, 4.69) is 14.6 Å². The van der Waals surface area contributed by atoms with Gasteiger partial charge in [0.25, 0.3) is 0 Å². The average Bonchev–Trinajstić information content (AvgIpc) is 2.44. The maximum Gasteiger partial charge on any atom is 0.339 e. The number of aromatic carboxylic acids is 1. The van der Waals surface area contributed by atoms with Crippen LogP contribution in [0.15, 0.2) is 0 Å². The number of nitrogens with one attached hydrogen (secondary N) is 1. The van der Waals surface area contributed by atoms with E-state index in [1.807, 2.05) is 0 Å². The van der Waals surface area contributed by atoms with E-state index in [0.29, 0.717) is 16.0 Å². The Kier molecular flexibility index (Phi) is 1.37. The summed E-state index contributed by atoms with van der Waals surface area (Å²) in [5, 5.41) is 12.5. The molecular formula is C6H5N3O2S. The summed E-state index contributed by atoms with van der Waals surface area (Å²) >= 11 is 1.09. The Balaban J connectivity index is 2.84. The Hall–Kier alpha value is -1.43. The summed E-state index contributed by atoms with van der Waals surface area (Å²) in [5.74, 6) is -0.940. The van der Waals surface area contributed by atoms with Crippen molar-refractivity contribution in [1.82, 2.24) is 14.6 Å². The molecule has 2 aromatic heterocycles. The van der Waals surface area contributed by atoms with Crippen LogP contribution in [0, 0.1) is 6.92 Å². The molecule has 0 aromatic carbocycles. The number of hydrogen-bond donors (Lipinski definition) is 2. The molecule has 0 unspecified atom stereocenters. The summed E-state index contributed by atoms with van der Waals surface area (Å²) in [4.78, 5) is 13.6. The van der Waals surface area contributed by atoms with Gasteiger partial charge in [0.05, 0.1) is 0 Å². The van der Waals surface area contributed by atoms with Crippen LogP contribution in [0.4, 0.5) is 0 Å². The van der Waals surface area contributed by atoms with E-state index in [1.165, 1.54) is 0 Å². The van der Waals surface area contributed by atoms with Gasteiger partial charge in [-0.2, -0.15) is 0 Å². The third-order valence-electron chi connectivity index (χ3n) is 1.61. The summed E-state index contributed by atoms with van der Waals surface area (Å²) in [6, 6.07) is 0. The molecule has 5 nitrogen and oxygen atoms in total. The smallest absolute Gasteiger partial charge is 0.339 e. The zero-order valence-corrected chi connectivity index (χ0v) is 6.97. The number of aromatic amines is 1. The van der Waals surface area contributed by atoms with Crippen molar-refractivity contribution < 1.29 is 9.90 Å². The van der Waals surface area contributed by atoms with E-state index in [9.17, 15) is 4.79 Å². The molecule has 0 aliphatic rings. The minimum Gasteiger partial charge on any atom is -0.478 e. The van der Waals surface area contributed by atoms with Crippen molar-refractivity contribution in [1.29, 1.82) is 0 Å². The first-order chi connectivity index (χ1) is 5.70. The molecule has 2 N–H and O–H groups in total. The van der Waals surface area contributed by atoms with E-state index in [1.54, 1.807) is 6.92 Å². The first kappa shape index (κ1) is 7.23. The standard InChI is InChI=1S/C6H5N3O2S/c1-2-3(6(10)11)4-5(7-2)8-9-12-4/h7H,1H3,(H,10,11). The monoisotopic (exact) mass is 183 g/mol. The molecule has 0 amide bonds. The van der Waals surface area contributed by atoms with Gasteiger partial charge in [0.2, 0.25) is 0 Å². The quantitative estimate of drug-likeness (QED) is 0.692. The van der Waals surface area contributed by atoms with Crippen molar-refractivity contribution in [3.8, 4) is 0 Å². The molecule has 0 aliphatic heterocycles. The van der Waals surface area contributed by atoms with Crippen molar-refractivity contribution in [2.24, 2.45) is 0 Å². The molecule has 0 spiro atoms. The molecule has 0 saturated carbocycles. The zero-order valence-electron chi connectivity index (χ0n) is 6.16. The maximum absolute atomic E-state index is 10.7. The topological polar surface area (TPSA) is 78.9 Å². The third kappa shape index (κ3) is 0.814. The average molecular weight is 183 g/mol. The van der Waals surface area contributed by atoms with Crippen LogP contribution in [-0.2, 0) is 0 Å². The Morgan fingerprint density at radius 3 is 3.08 bits per heavy atom. The summed E-state index contributed by atoms with van der Waals surface area (Å²) in [5.41, 5.74) is 1.45. The second-order valence-electron chi connectivity index (χ2n) is 2.38. The summed E-state index contributed by atoms with van der Waals surface area (Å²) in [7, 11) is 0. The number of aryl methyl sites for hydroxylation is 1. The molecule has 0 fully saturated rings. The van der Waals surface area contributed by atoms with Crippen LogP contribution in [0.2, 0.25) is 0 Å². The Morgan fingerprint density at radius 1 is 1.67 bits per heavy atom. The van der Waals surface area contributed by atoms with Gasteiger partial charge in [0.15, 0.2) is 5.65 Å². The van der Waals surface area contributed by atoms with Crippen LogP contribution >= 0.6 is 11.5 Å². The van der Waals surface area contributed by atoms with Crippen molar-refractivity contribution in [2.75, 3.05) is 0 Å². The van der Waals surface area contributed by atoms with E-state index < -0.39 is 5.97 Å². The SMILES string of the molecule is Cc1[nH]c2nnsc2c1C(=O)O. The van der Waals surface area contributed by atoms with Crippen molar-refractivity contribution in [3.63, 3.8) is 0 Å².